The van der Waals surface area contributed by atoms with Crippen molar-refractivity contribution in [2.45, 2.75) is 18.6 Å². The number of hydrogen-bond donors (Lipinski definition) is 3. The minimum Gasteiger partial charge on any atom is -0.508 e. The van der Waals surface area contributed by atoms with E-state index in [1.807, 2.05) is 42.5 Å². The highest BCUT2D eigenvalue weighted by Crippen LogP contribution is 2.23. The van der Waals surface area contributed by atoms with Crippen LogP contribution < -0.4 is 5.32 Å². The van der Waals surface area contributed by atoms with Gasteiger partial charge in [-0.05, 0) is 41.0 Å². The quantitative estimate of drug-likeness (QED) is 0.457. The number of aliphatic hydroxyl groups excluding tert-OH is 1. The maximum atomic E-state index is 13.3. The smallest absolute Gasteiger partial charge is 0.254 e. The van der Waals surface area contributed by atoms with Crippen molar-refractivity contribution >= 4 is 17.5 Å². The number of benzene rings is 3. The molecule has 4 rings (SSSR count). The van der Waals surface area contributed by atoms with Gasteiger partial charge >= 0.3 is 0 Å². The Morgan fingerprint density at radius 3 is 2.46 bits per heavy atom. The van der Waals surface area contributed by atoms with Crippen LogP contribution in [0.25, 0.3) is 11.1 Å². The summed E-state index contributed by atoms with van der Waals surface area (Å²) in [6.45, 7) is 0.101. The molecule has 2 amide bonds. The number of nitrogens with zero attached hydrogens (tertiary/aromatic N) is 2. The Morgan fingerprint density at radius 1 is 1.06 bits per heavy atom. The monoisotopic (exact) mass is 473 g/mol. The predicted molar refractivity (Wildman–Crippen MR) is 132 cm³/mol. The highest BCUT2D eigenvalue weighted by atomic mass is 16.6. The van der Waals surface area contributed by atoms with E-state index in [0.717, 1.165) is 11.1 Å². The van der Waals surface area contributed by atoms with Crippen LogP contribution in [0.5, 0.6) is 5.75 Å². The van der Waals surface area contributed by atoms with Crippen LogP contribution in [0.2, 0.25) is 0 Å². The summed E-state index contributed by atoms with van der Waals surface area (Å²) in [6, 6.07) is 22.5. The van der Waals surface area contributed by atoms with E-state index >= 15 is 0 Å². The number of phenolic OH excluding ortho intramolecular Hbond substituents is 1. The molecule has 0 bridgehead atoms. The number of likely N-dealkylation sites (tertiary alicyclic amines) is 1. The fraction of sp³-hybridized carbons (Fsp3) is 0.222. The first-order valence-corrected chi connectivity index (χ1v) is 11.3. The van der Waals surface area contributed by atoms with Crippen molar-refractivity contribution in [1.82, 2.24) is 10.2 Å². The van der Waals surface area contributed by atoms with Gasteiger partial charge in [-0.1, -0.05) is 59.8 Å². The molecule has 0 radical (unpaired) electrons. The summed E-state index contributed by atoms with van der Waals surface area (Å²) < 4.78 is 0. The van der Waals surface area contributed by atoms with Crippen LogP contribution in [-0.4, -0.2) is 58.9 Å². The van der Waals surface area contributed by atoms with Crippen molar-refractivity contribution < 1.29 is 24.6 Å². The molecule has 1 unspecified atom stereocenters. The molecule has 8 nitrogen and oxygen atoms in total. The lowest BCUT2D eigenvalue weighted by Crippen LogP contribution is -2.46. The highest BCUT2D eigenvalue weighted by molar-refractivity contribution is 6.05. The number of oxime groups is 1. The van der Waals surface area contributed by atoms with E-state index < -0.39 is 18.1 Å². The highest BCUT2D eigenvalue weighted by Gasteiger charge is 2.38. The fourth-order valence-electron chi connectivity index (χ4n) is 4.11. The Bertz CT molecular complexity index is 1210. The Hall–Kier alpha value is -4.17. The molecule has 2 atom stereocenters. The number of aliphatic hydroxyl groups is 1. The lowest BCUT2D eigenvalue weighted by atomic mass is 10.0. The second kappa shape index (κ2) is 10.8. The van der Waals surface area contributed by atoms with E-state index in [0.29, 0.717) is 16.8 Å². The normalized spacial score (nSPS) is 17.3. The zero-order valence-corrected chi connectivity index (χ0v) is 19.3. The number of aromatic hydroxyl groups is 1. The SMILES string of the molecule is CO/N=C1/C[C@@H](C(=O)NCC(O)c2cccc(O)c2)N(C(=O)c2ccc(-c3ccccc3)cc2)C1. The Balaban J connectivity index is 1.47. The van der Waals surface area contributed by atoms with Crippen LogP contribution in [0.4, 0.5) is 0 Å². The van der Waals surface area contributed by atoms with Crippen molar-refractivity contribution in [2.24, 2.45) is 5.16 Å². The van der Waals surface area contributed by atoms with Crippen molar-refractivity contribution in [2.75, 3.05) is 20.2 Å². The zero-order valence-electron chi connectivity index (χ0n) is 19.3. The van der Waals surface area contributed by atoms with Crippen LogP contribution in [0.3, 0.4) is 0 Å². The summed E-state index contributed by atoms with van der Waals surface area (Å²) in [5.41, 5.74) is 3.55. The van der Waals surface area contributed by atoms with Gasteiger partial charge in [0.2, 0.25) is 5.91 Å². The molecule has 0 aliphatic carbocycles. The van der Waals surface area contributed by atoms with Crippen LogP contribution in [0.15, 0.2) is 84.0 Å². The number of hydrogen-bond acceptors (Lipinski definition) is 6. The zero-order chi connectivity index (χ0) is 24.8. The summed E-state index contributed by atoms with van der Waals surface area (Å²) in [6.07, 6.45) is -0.773. The maximum Gasteiger partial charge on any atom is 0.254 e. The molecule has 8 heteroatoms. The summed E-state index contributed by atoms with van der Waals surface area (Å²) in [5.74, 6) is -0.668. The summed E-state index contributed by atoms with van der Waals surface area (Å²) in [7, 11) is 1.42. The number of phenols is 1. The average Bonchev–Trinajstić information content (AvgIpc) is 3.31. The van der Waals surface area contributed by atoms with E-state index in [1.54, 1.807) is 24.3 Å². The lowest BCUT2D eigenvalue weighted by molar-refractivity contribution is -0.125. The van der Waals surface area contributed by atoms with Gasteiger partial charge in [0.15, 0.2) is 0 Å². The third kappa shape index (κ3) is 5.67. The first-order valence-electron chi connectivity index (χ1n) is 11.3. The number of amides is 2. The van der Waals surface area contributed by atoms with Crippen LogP contribution in [0.1, 0.15) is 28.4 Å². The molecule has 35 heavy (non-hydrogen) atoms. The second-order valence-corrected chi connectivity index (χ2v) is 8.29. The summed E-state index contributed by atoms with van der Waals surface area (Å²) in [5, 5.41) is 26.7. The van der Waals surface area contributed by atoms with E-state index in [2.05, 4.69) is 10.5 Å². The van der Waals surface area contributed by atoms with Gasteiger partial charge in [0.05, 0.1) is 18.4 Å². The Kier molecular flexibility index (Phi) is 7.42. The number of carbonyl (C=O) groups is 2. The third-order valence-corrected chi connectivity index (χ3v) is 5.91. The molecule has 1 saturated heterocycles. The molecule has 1 heterocycles. The van der Waals surface area contributed by atoms with Crippen LogP contribution in [0, 0.1) is 0 Å². The van der Waals surface area contributed by atoms with Gasteiger partial charge in [-0.3, -0.25) is 9.59 Å². The van der Waals surface area contributed by atoms with E-state index in [9.17, 15) is 19.8 Å². The molecular weight excluding hydrogens is 446 g/mol. The van der Waals surface area contributed by atoms with Gasteiger partial charge in [-0.2, -0.15) is 0 Å². The molecule has 0 aromatic heterocycles. The molecule has 3 N–H and O–H groups in total. The summed E-state index contributed by atoms with van der Waals surface area (Å²) in [4.78, 5) is 32.7. The molecular formula is C27H27N3O5. The van der Waals surface area contributed by atoms with Gasteiger partial charge in [-0.25, -0.2) is 0 Å². The van der Waals surface area contributed by atoms with E-state index in [4.69, 9.17) is 4.84 Å². The van der Waals surface area contributed by atoms with Gasteiger partial charge in [-0.15, -0.1) is 0 Å². The first kappa shape index (κ1) is 24.0. The number of nitrogens with one attached hydrogen (secondary N) is 1. The van der Waals surface area contributed by atoms with Gasteiger partial charge in [0.25, 0.3) is 5.91 Å². The molecule has 1 fully saturated rings. The molecule has 3 aromatic carbocycles. The molecule has 180 valence electrons. The molecule has 0 spiro atoms. The Morgan fingerprint density at radius 2 is 1.77 bits per heavy atom. The predicted octanol–water partition coefficient (Wildman–Crippen LogP) is 3.13. The standard InChI is InChI=1S/C27H27N3O5/c1-35-29-22-15-24(26(33)28-16-25(32)21-8-5-9-23(31)14-21)30(17-22)27(34)20-12-10-19(11-13-20)18-6-3-2-4-7-18/h2-14,24-25,31-32H,15-17H2,1H3,(H,28,33)/b29-22-/t24-,25?/m0/s1. The van der Waals surface area contributed by atoms with E-state index in [1.165, 1.54) is 24.1 Å². The van der Waals surface area contributed by atoms with Crippen molar-refractivity contribution in [3.63, 3.8) is 0 Å². The van der Waals surface area contributed by atoms with Gasteiger partial charge < -0.3 is 25.3 Å². The van der Waals surface area contributed by atoms with Gasteiger partial charge in [0.1, 0.15) is 18.9 Å². The maximum absolute atomic E-state index is 13.3. The summed E-state index contributed by atoms with van der Waals surface area (Å²) >= 11 is 0. The Labute approximate surface area is 203 Å². The number of carbonyl (C=O) groups excluding carboxylic acids is 2. The van der Waals surface area contributed by atoms with E-state index in [-0.39, 0.29) is 31.2 Å². The fourth-order valence-corrected chi connectivity index (χ4v) is 4.11. The molecule has 3 aromatic rings. The molecule has 1 aliphatic heterocycles. The molecule has 0 saturated carbocycles. The van der Waals surface area contributed by atoms with Crippen molar-refractivity contribution in [3.8, 4) is 16.9 Å². The average molecular weight is 474 g/mol. The topological polar surface area (TPSA) is 111 Å². The number of rotatable bonds is 7. The minimum atomic E-state index is -1.01. The van der Waals surface area contributed by atoms with Gasteiger partial charge in [0, 0.05) is 18.5 Å². The largest absolute Gasteiger partial charge is 0.508 e. The van der Waals surface area contributed by atoms with Crippen molar-refractivity contribution in [1.29, 1.82) is 0 Å². The third-order valence-electron chi connectivity index (χ3n) is 5.91. The second-order valence-electron chi connectivity index (χ2n) is 8.29. The first-order chi connectivity index (χ1) is 17.0. The minimum absolute atomic E-state index is 0.0270. The lowest BCUT2D eigenvalue weighted by Gasteiger charge is -2.24. The van der Waals surface area contributed by atoms with Crippen molar-refractivity contribution in [3.05, 3.63) is 90.0 Å². The van der Waals surface area contributed by atoms with Crippen LogP contribution >= 0.6 is 0 Å². The van der Waals surface area contributed by atoms with Crippen LogP contribution in [-0.2, 0) is 9.63 Å². The molecule has 1 aliphatic rings.